The molecule has 0 saturated heterocycles. The number of rotatable bonds is 3. The molecule has 5 heteroatoms. The van der Waals surface area contributed by atoms with Crippen molar-refractivity contribution >= 4 is 27.9 Å². The molecule has 0 radical (unpaired) electrons. The van der Waals surface area contributed by atoms with Crippen LogP contribution in [0.4, 0.5) is 0 Å². The fraction of sp³-hybridized carbons (Fsp3) is 0.100. The Labute approximate surface area is 142 Å². The summed E-state index contributed by atoms with van der Waals surface area (Å²) in [4.78, 5) is 24.5. The normalized spacial score (nSPS) is 11.1. The van der Waals surface area contributed by atoms with Gasteiger partial charge in [0.2, 0.25) is 5.43 Å². The maximum absolute atomic E-state index is 12.7. The third-order valence-electron chi connectivity index (χ3n) is 3.97. The van der Waals surface area contributed by atoms with Gasteiger partial charge in [-0.3, -0.25) is 4.79 Å². The highest BCUT2D eigenvalue weighted by atomic mass is 16.5. The van der Waals surface area contributed by atoms with E-state index >= 15 is 0 Å². The number of furan rings is 1. The van der Waals surface area contributed by atoms with E-state index in [0.717, 1.165) is 0 Å². The molecular formula is C20H14O5. The Morgan fingerprint density at radius 3 is 2.76 bits per heavy atom. The molecule has 0 unspecified atom stereocenters. The number of para-hydroxylation sites is 1. The van der Waals surface area contributed by atoms with Gasteiger partial charge >= 0.3 is 5.97 Å². The highest BCUT2D eigenvalue weighted by molar-refractivity contribution is 5.95. The topological polar surface area (TPSA) is 69.7 Å². The van der Waals surface area contributed by atoms with Crippen LogP contribution in [0.2, 0.25) is 0 Å². The predicted octanol–water partition coefficient (Wildman–Crippen LogP) is 4.38. The quantitative estimate of drug-likeness (QED) is 0.520. The molecular weight excluding hydrogens is 320 g/mol. The average Bonchev–Trinajstić information content (AvgIpc) is 3.05. The van der Waals surface area contributed by atoms with E-state index in [4.69, 9.17) is 13.6 Å². The summed E-state index contributed by atoms with van der Waals surface area (Å²) >= 11 is 0. The Morgan fingerprint density at radius 2 is 1.92 bits per heavy atom. The van der Waals surface area contributed by atoms with E-state index in [-0.39, 0.29) is 5.43 Å². The number of esters is 1. The third-order valence-corrected chi connectivity index (χ3v) is 3.97. The second-order valence-electron chi connectivity index (χ2n) is 5.56. The van der Waals surface area contributed by atoms with E-state index in [1.807, 2.05) is 6.07 Å². The summed E-state index contributed by atoms with van der Waals surface area (Å²) in [5, 5.41) is 1.21. The zero-order valence-corrected chi connectivity index (χ0v) is 13.4. The minimum atomic E-state index is -0.391. The third kappa shape index (κ3) is 2.59. The zero-order chi connectivity index (χ0) is 17.4. The lowest BCUT2D eigenvalue weighted by Gasteiger charge is -2.00. The molecule has 2 heterocycles. The molecule has 2 aromatic carbocycles. The second kappa shape index (κ2) is 5.94. The minimum absolute atomic E-state index is 0.161. The first-order valence-electron chi connectivity index (χ1n) is 7.89. The van der Waals surface area contributed by atoms with E-state index in [1.54, 1.807) is 49.4 Å². The molecule has 0 saturated carbocycles. The van der Waals surface area contributed by atoms with Gasteiger partial charge in [-0.05, 0) is 43.3 Å². The standard InChI is InChI=1S/C20H14O5/c1-2-23-20(22)12-7-8-16-13(9-12)10-18(25-16)15-11-24-17-6-4-3-5-14(17)19(15)21/h3-11H,2H2,1H3. The van der Waals surface area contributed by atoms with Gasteiger partial charge in [0, 0.05) is 5.39 Å². The van der Waals surface area contributed by atoms with Crippen molar-refractivity contribution in [2.24, 2.45) is 0 Å². The molecule has 25 heavy (non-hydrogen) atoms. The van der Waals surface area contributed by atoms with Crippen LogP contribution in [0.15, 0.2) is 68.4 Å². The van der Waals surface area contributed by atoms with Crippen molar-refractivity contribution < 1.29 is 18.4 Å². The Hall–Kier alpha value is -3.34. The molecule has 0 fully saturated rings. The van der Waals surface area contributed by atoms with Crippen LogP contribution in [0.25, 0.3) is 33.3 Å². The van der Waals surface area contributed by atoms with Crippen LogP contribution in [0.5, 0.6) is 0 Å². The van der Waals surface area contributed by atoms with Crippen LogP contribution in [0, 0.1) is 0 Å². The van der Waals surface area contributed by atoms with Crippen molar-refractivity contribution in [1.82, 2.24) is 0 Å². The Kier molecular flexibility index (Phi) is 3.61. The van der Waals surface area contributed by atoms with Gasteiger partial charge in [0.25, 0.3) is 0 Å². The van der Waals surface area contributed by atoms with Crippen LogP contribution < -0.4 is 5.43 Å². The average molecular weight is 334 g/mol. The molecule has 0 spiro atoms. The fourth-order valence-electron chi connectivity index (χ4n) is 2.77. The van der Waals surface area contributed by atoms with Gasteiger partial charge in [-0.15, -0.1) is 0 Å². The molecule has 0 atom stereocenters. The van der Waals surface area contributed by atoms with Crippen molar-refractivity contribution in [1.29, 1.82) is 0 Å². The largest absolute Gasteiger partial charge is 0.463 e. The number of ether oxygens (including phenoxy) is 1. The lowest BCUT2D eigenvalue weighted by Crippen LogP contribution is -2.03. The summed E-state index contributed by atoms with van der Waals surface area (Å²) in [6.45, 7) is 2.07. The van der Waals surface area contributed by atoms with Gasteiger partial charge < -0.3 is 13.6 Å². The summed E-state index contributed by atoms with van der Waals surface area (Å²) in [5.41, 5.74) is 1.72. The van der Waals surface area contributed by atoms with Gasteiger partial charge in [0.1, 0.15) is 28.8 Å². The molecule has 0 N–H and O–H groups in total. The van der Waals surface area contributed by atoms with Crippen LogP contribution in [0.1, 0.15) is 17.3 Å². The van der Waals surface area contributed by atoms with E-state index in [0.29, 0.717) is 45.4 Å². The molecule has 0 aliphatic rings. The van der Waals surface area contributed by atoms with Gasteiger partial charge in [-0.2, -0.15) is 0 Å². The molecule has 2 aromatic heterocycles. The monoisotopic (exact) mass is 334 g/mol. The Morgan fingerprint density at radius 1 is 1.08 bits per heavy atom. The van der Waals surface area contributed by atoms with E-state index < -0.39 is 5.97 Å². The van der Waals surface area contributed by atoms with Crippen molar-refractivity contribution in [3.05, 3.63) is 70.6 Å². The zero-order valence-electron chi connectivity index (χ0n) is 13.4. The van der Waals surface area contributed by atoms with Crippen LogP contribution in [-0.2, 0) is 4.74 Å². The second-order valence-corrected chi connectivity index (χ2v) is 5.56. The highest BCUT2D eigenvalue weighted by Gasteiger charge is 2.15. The SMILES string of the molecule is CCOC(=O)c1ccc2oc(-c3coc4ccccc4c3=O)cc2c1. The number of hydrogen-bond donors (Lipinski definition) is 0. The molecule has 4 rings (SSSR count). The Balaban J connectivity index is 1.83. The van der Waals surface area contributed by atoms with Gasteiger partial charge in [-0.25, -0.2) is 4.79 Å². The number of hydrogen-bond acceptors (Lipinski definition) is 5. The van der Waals surface area contributed by atoms with Gasteiger partial charge in [-0.1, -0.05) is 12.1 Å². The molecule has 0 aliphatic heterocycles. The van der Waals surface area contributed by atoms with Crippen molar-refractivity contribution in [2.75, 3.05) is 6.61 Å². The van der Waals surface area contributed by atoms with Gasteiger partial charge in [0.05, 0.1) is 17.6 Å². The van der Waals surface area contributed by atoms with Crippen molar-refractivity contribution in [3.8, 4) is 11.3 Å². The number of fused-ring (bicyclic) bond motifs is 2. The molecule has 0 amide bonds. The first-order valence-corrected chi connectivity index (χ1v) is 7.89. The Bertz CT molecular complexity index is 1150. The first-order chi connectivity index (χ1) is 12.2. The van der Waals surface area contributed by atoms with E-state index in [2.05, 4.69) is 0 Å². The van der Waals surface area contributed by atoms with Crippen molar-refractivity contribution in [3.63, 3.8) is 0 Å². The number of carbonyl (C=O) groups excluding carboxylic acids is 1. The maximum atomic E-state index is 12.7. The molecule has 5 nitrogen and oxygen atoms in total. The lowest BCUT2D eigenvalue weighted by molar-refractivity contribution is 0.0526. The molecule has 0 aliphatic carbocycles. The molecule has 4 aromatic rings. The maximum Gasteiger partial charge on any atom is 0.338 e. The summed E-state index contributed by atoms with van der Waals surface area (Å²) in [6, 6.07) is 13.8. The minimum Gasteiger partial charge on any atom is -0.463 e. The predicted molar refractivity (Wildman–Crippen MR) is 93.6 cm³/mol. The number of carbonyl (C=O) groups is 1. The summed E-state index contributed by atoms with van der Waals surface area (Å²) in [6.07, 6.45) is 1.40. The lowest BCUT2D eigenvalue weighted by atomic mass is 10.1. The highest BCUT2D eigenvalue weighted by Crippen LogP contribution is 2.28. The van der Waals surface area contributed by atoms with Gasteiger partial charge in [0.15, 0.2) is 0 Å². The van der Waals surface area contributed by atoms with E-state index in [9.17, 15) is 9.59 Å². The smallest absolute Gasteiger partial charge is 0.338 e. The van der Waals surface area contributed by atoms with Crippen molar-refractivity contribution in [2.45, 2.75) is 6.92 Å². The number of benzene rings is 2. The first kappa shape index (κ1) is 15.2. The fourth-order valence-corrected chi connectivity index (χ4v) is 2.77. The van der Waals surface area contributed by atoms with Crippen LogP contribution in [-0.4, -0.2) is 12.6 Å². The van der Waals surface area contributed by atoms with E-state index in [1.165, 1.54) is 6.26 Å². The molecule has 0 bridgehead atoms. The van der Waals surface area contributed by atoms with Crippen LogP contribution in [0.3, 0.4) is 0 Å². The summed E-state index contributed by atoms with van der Waals surface area (Å²) < 4.78 is 16.3. The van der Waals surface area contributed by atoms with Crippen LogP contribution >= 0.6 is 0 Å². The summed E-state index contributed by atoms with van der Waals surface area (Å²) in [5.74, 6) is 0.00730. The molecule has 124 valence electrons. The summed E-state index contributed by atoms with van der Waals surface area (Å²) in [7, 11) is 0.